The Kier molecular flexibility index (Phi) is 3.81. The van der Waals surface area contributed by atoms with Crippen molar-refractivity contribution >= 4 is 23.1 Å². The van der Waals surface area contributed by atoms with Crippen molar-refractivity contribution in [2.75, 3.05) is 23.8 Å². The maximum atomic E-state index is 11.9. The maximum Gasteiger partial charge on any atom is 0.227 e. The number of anilines is 2. The minimum absolute atomic E-state index is 0.0156. The van der Waals surface area contributed by atoms with Crippen LogP contribution in [0.1, 0.15) is 18.4 Å². The van der Waals surface area contributed by atoms with Crippen molar-refractivity contribution in [1.29, 1.82) is 5.26 Å². The molecule has 1 aromatic carbocycles. The van der Waals surface area contributed by atoms with Crippen LogP contribution < -0.4 is 10.2 Å². The van der Waals surface area contributed by atoms with Crippen LogP contribution in [0.5, 0.6) is 0 Å². The fraction of sp³-hybridized carbons (Fsp3) is 0.357. The highest BCUT2D eigenvalue weighted by atomic mass is 16.2. The summed E-state index contributed by atoms with van der Waals surface area (Å²) in [4.78, 5) is 25.0. The second-order valence-electron chi connectivity index (χ2n) is 4.45. The highest BCUT2D eigenvalue weighted by Gasteiger charge is 2.25. The Bertz CT molecular complexity index is 560. The van der Waals surface area contributed by atoms with E-state index < -0.39 is 0 Å². The van der Waals surface area contributed by atoms with Crippen LogP contribution in [0.15, 0.2) is 18.2 Å². The van der Waals surface area contributed by atoms with Crippen molar-refractivity contribution in [2.24, 2.45) is 0 Å². The van der Waals surface area contributed by atoms with E-state index in [2.05, 4.69) is 5.32 Å². The minimum Gasteiger partial charge on any atom is -0.388 e. The van der Waals surface area contributed by atoms with Crippen LogP contribution in [0.2, 0.25) is 0 Å². The number of nitrogens with one attached hydrogen (secondary N) is 1. The van der Waals surface area contributed by atoms with E-state index in [9.17, 15) is 9.59 Å². The van der Waals surface area contributed by atoms with Crippen LogP contribution in [-0.4, -0.2) is 25.3 Å². The summed E-state index contributed by atoms with van der Waals surface area (Å²) in [6.07, 6.45) is 0.931. The number of nitriles is 1. The van der Waals surface area contributed by atoms with Gasteiger partial charge in [-0.15, -0.1) is 0 Å². The molecule has 0 atom stereocenters. The largest absolute Gasteiger partial charge is 0.388 e. The van der Waals surface area contributed by atoms with Crippen LogP contribution >= 0.6 is 0 Å². The second-order valence-corrected chi connectivity index (χ2v) is 4.45. The molecule has 98 valence electrons. The Balaban J connectivity index is 2.28. The highest BCUT2D eigenvalue weighted by molar-refractivity contribution is 6.01. The maximum absolute atomic E-state index is 11.9. The van der Waals surface area contributed by atoms with Crippen LogP contribution in [0.3, 0.4) is 0 Å². The molecule has 1 heterocycles. The highest BCUT2D eigenvalue weighted by Crippen LogP contribution is 2.30. The van der Waals surface area contributed by atoms with E-state index in [-0.39, 0.29) is 24.7 Å². The van der Waals surface area contributed by atoms with Gasteiger partial charge in [-0.05, 0) is 30.2 Å². The van der Waals surface area contributed by atoms with Crippen LogP contribution in [-0.2, 0) is 16.0 Å². The van der Waals surface area contributed by atoms with Gasteiger partial charge in [-0.3, -0.25) is 9.59 Å². The Morgan fingerprint density at radius 2 is 2.26 bits per heavy atom. The molecule has 0 fully saturated rings. The first-order valence-electron chi connectivity index (χ1n) is 6.15. The van der Waals surface area contributed by atoms with E-state index in [1.807, 2.05) is 31.3 Å². The topological polar surface area (TPSA) is 73.2 Å². The van der Waals surface area contributed by atoms with E-state index >= 15 is 0 Å². The van der Waals surface area contributed by atoms with E-state index in [0.717, 1.165) is 16.9 Å². The number of fused-ring (bicyclic) bond motifs is 1. The lowest BCUT2D eigenvalue weighted by atomic mass is 10.00. The van der Waals surface area contributed by atoms with Gasteiger partial charge < -0.3 is 10.2 Å². The SMILES string of the molecule is CNc1ccc2c(c1)CCC(=O)N2CC(=O)CC#N. The first-order chi connectivity index (χ1) is 9.15. The molecule has 1 amide bonds. The Morgan fingerprint density at radius 1 is 1.47 bits per heavy atom. The third-order valence-electron chi connectivity index (χ3n) is 3.18. The van der Waals surface area contributed by atoms with E-state index in [1.165, 1.54) is 4.90 Å². The standard InChI is InChI=1S/C14H15N3O2/c1-16-11-3-4-13-10(8-11)2-5-14(19)17(13)9-12(18)6-7-15/h3-4,8,16H,2,5-6,9H2,1H3. The van der Waals surface area contributed by atoms with Gasteiger partial charge in [0.05, 0.1) is 19.0 Å². The van der Waals surface area contributed by atoms with E-state index in [1.54, 1.807) is 0 Å². The molecule has 19 heavy (non-hydrogen) atoms. The van der Waals surface area contributed by atoms with Crippen LogP contribution in [0.25, 0.3) is 0 Å². The monoisotopic (exact) mass is 257 g/mol. The summed E-state index contributed by atoms with van der Waals surface area (Å²) in [5.41, 5.74) is 2.81. The molecule has 1 aliphatic heterocycles. The van der Waals surface area contributed by atoms with Crippen molar-refractivity contribution in [1.82, 2.24) is 0 Å². The number of hydrogen-bond acceptors (Lipinski definition) is 4. The molecular weight excluding hydrogens is 242 g/mol. The third-order valence-corrected chi connectivity index (χ3v) is 3.18. The van der Waals surface area contributed by atoms with Gasteiger partial charge in [-0.1, -0.05) is 0 Å². The zero-order valence-corrected chi connectivity index (χ0v) is 10.8. The zero-order valence-electron chi connectivity index (χ0n) is 10.8. The van der Waals surface area contributed by atoms with Crippen molar-refractivity contribution in [3.05, 3.63) is 23.8 Å². The summed E-state index contributed by atoms with van der Waals surface area (Å²) in [6.45, 7) is -0.0156. The van der Waals surface area contributed by atoms with Crippen molar-refractivity contribution in [3.63, 3.8) is 0 Å². The quantitative estimate of drug-likeness (QED) is 0.887. The molecular formula is C14H15N3O2. The minimum atomic E-state index is -0.235. The normalized spacial score (nSPS) is 13.7. The number of hydrogen-bond donors (Lipinski definition) is 1. The third kappa shape index (κ3) is 2.74. The zero-order chi connectivity index (χ0) is 13.8. The lowest BCUT2D eigenvalue weighted by molar-refractivity contribution is -0.122. The molecule has 0 spiro atoms. The van der Waals surface area contributed by atoms with Crippen molar-refractivity contribution in [3.8, 4) is 6.07 Å². The average molecular weight is 257 g/mol. The number of carbonyl (C=O) groups is 2. The molecule has 1 N–H and O–H groups in total. The predicted octanol–water partition coefficient (Wildman–Crippen LogP) is 1.49. The second kappa shape index (κ2) is 5.53. The molecule has 0 unspecified atom stereocenters. The molecule has 5 heteroatoms. The molecule has 1 aromatic rings. The van der Waals surface area contributed by atoms with Crippen LogP contribution in [0, 0.1) is 11.3 Å². The van der Waals surface area contributed by atoms with Gasteiger partial charge in [-0.2, -0.15) is 5.26 Å². The predicted molar refractivity (Wildman–Crippen MR) is 71.9 cm³/mol. The molecule has 1 aliphatic rings. The first-order valence-corrected chi connectivity index (χ1v) is 6.15. The Labute approximate surface area is 111 Å². The molecule has 0 aromatic heterocycles. The summed E-state index contributed by atoms with van der Waals surface area (Å²) in [5.74, 6) is -0.294. The average Bonchev–Trinajstić information content (AvgIpc) is 2.41. The lowest BCUT2D eigenvalue weighted by Gasteiger charge is -2.29. The smallest absolute Gasteiger partial charge is 0.227 e. The molecule has 0 bridgehead atoms. The molecule has 0 radical (unpaired) electrons. The number of carbonyl (C=O) groups excluding carboxylic acids is 2. The number of amides is 1. The van der Waals surface area contributed by atoms with Gasteiger partial charge in [0.25, 0.3) is 0 Å². The van der Waals surface area contributed by atoms with Crippen molar-refractivity contribution < 1.29 is 9.59 Å². The van der Waals surface area contributed by atoms with Gasteiger partial charge in [0.2, 0.25) is 5.91 Å². The number of Topliss-reactive ketones (excluding diaryl/α,β-unsaturated/α-hetero) is 1. The number of nitrogens with zero attached hydrogens (tertiary/aromatic N) is 2. The number of benzene rings is 1. The van der Waals surface area contributed by atoms with E-state index in [4.69, 9.17) is 5.26 Å². The van der Waals surface area contributed by atoms with Gasteiger partial charge in [0, 0.05) is 24.8 Å². The summed E-state index contributed by atoms with van der Waals surface area (Å²) < 4.78 is 0. The first kappa shape index (κ1) is 13.1. The number of ketones is 1. The molecule has 2 rings (SSSR count). The number of aryl methyl sites for hydroxylation is 1. The molecule has 0 saturated heterocycles. The molecule has 0 aliphatic carbocycles. The Hall–Kier alpha value is -2.35. The summed E-state index contributed by atoms with van der Waals surface area (Å²) in [6, 6.07) is 7.53. The van der Waals surface area contributed by atoms with Gasteiger partial charge in [0.1, 0.15) is 0 Å². The van der Waals surface area contributed by atoms with Gasteiger partial charge in [-0.25, -0.2) is 0 Å². The summed E-state index contributed by atoms with van der Waals surface area (Å²) in [7, 11) is 1.84. The fourth-order valence-corrected chi connectivity index (χ4v) is 2.21. The Morgan fingerprint density at radius 3 is 2.95 bits per heavy atom. The molecule has 5 nitrogen and oxygen atoms in total. The summed E-state index contributed by atoms with van der Waals surface area (Å²) >= 11 is 0. The van der Waals surface area contributed by atoms with Crippen LogP contribution in [0.4, 0.5) is 11.4 Å². The van der Waals surface area contributed by atoms with Crippen molar-refractivity contribution in [2.45, 2.75) is 19.3 Å². The molecule has 0 saturated carbocycles. The summed E-state index contributed by atoms with van der Waals surface area (Å²) in [5, 5.41) is 11.6. The van der Waals surface area contributed by atoms with E-state index in [0.29, 0.717) is 12.8 Å². The fourth-order valence-electron chi connectivity index (χ4n) is 2.21. The lowest BCUT2D eigenvalue weighted by Crippen LogP contribution is -2.38. The van der Waals surface area contributed by atoms with Gasteiger partial charge in [0.15, 0.2) is 5.78 Å². The number of rotatable bonds is 4. The van der Waals surface area contributed by atoms with Gasteiger partial charge >= 0.3 is 0 Å².